The van der Waals surface area contributed by atoms with Gasteiger partial charge < -0.3 is 20.5 Å². The van der Waals surface area contributed by atoms with Gasteiger partial charge in [0, 0.05) is 11.8 Å². The molecule has 1 saturated heterocycles. The van der Waals surface area contributed by atoms with Crippen molar-refractivity contribution in [2.24, 2.45) is 0 Å². The first-order chi connectivity index (χ1) is 14.0. The van der Waals surface area contributed by atoms with Crippen LogP contribution in [0, 0.1) is 5.82 Å². The molecule has 29 heavy (non-hydrogen) atoms. The van der Waals surface area contributed by atoms with E-state index in [1.807, 2.05) is 0 Å². The summed E-state index contributed by atoms with van der Waals surface area (Å²) in [6.07, 6.45) is 3.32. The van der Waals surface area contributed by atoms with Crippen molar-refractivity contribution in [1.82, 2.24) is 20.6 Å². The normalized spacial score (nSPS) is 21.4. The van der Waals surface area contributed by atoms with Gasteiger partial charge in [-0.3, -0.25) is 9.59 Å². The highest BCUT2D eigenvalue weighted by atomic mass is 19.1. The van der Waals surface area contributed by atoms with Gasteiger partial charge in [-0.05, 0) is 43.2 Å². The lowest BCUT2D eigenvalue weighted by atomic mass is 9.96. The minimum atomic E-state index is -0.618. The third-order valence-electron chi connectivity index (χ3n) is 4.74. The number of carbonyl (C=O) groups is 2. The van der Waals surface area contributed by atoms with Gasteiger partial charge in [0.05, 0.1) is 37.4 Å². The van der Waals surface area contributed by atoms with Crippen molar-refractivity contribution in [3.63, 3.8) is 0 Å². The smallest absolute Gasteiger partial charge is 0.251 e. The molecule has 1 aliphatic rings. The summed E-state index contributed by atoms with van der Waals surface area (Å²) in [6.45, 7) is 0.0152. The number of rotatable bonds is 7. The summed E-state index contributed by atoms with van der Waals surface area (Å²) in [7, 11) is 0. The number of halogens is 1. The highest BCUT2D eigenvalue weighted by molar-refractivity contribution is 5.94. The Labute approximate surface area is 167 Å². The molecular weight excluding hydrogens is 379 g/mol. The predicted octanol–water partition coefficient (Wildman–Crippen LogP) is 0.960. The van der Waals surface area contributed by atoms with Crippen molar-refractivity contribution < 1.29 is 23.8 Å². The van der Waals surface area contributed by atoms with Crippen LogP contribution in [0.3, 0.4) is 0 Å². The maximum absolute atomic E-state index is 13.0. The van der Waals surface area contributed by atoms with E-state index in [1.165, 1.54) is 30.6 Å². The number of ether oxygens (including phenoxy) is 1. The molecule has 1 aromatic carbocycles. The van der Waals surface area contributed by atoms with E-state index in [4.69, 9.17) is 4.74 Å². The lowest BCUT2D eigenvalue weighted by molar-refractivity contribution is -0.131. The topological polar surface area (TPSA) is 113 Å². The molecule has 1 fully saturated rings. The van der Waals surface area contributed by atoms with E-state index >= 15 is 0 Å². The zero-order valence-corrected chi connectivity index (χ0v) is 15.8. The number of amides is 2. The second-order valence-corrected chi connectivity index (χ2v) is 6.82. The molecule has 8 nitrogen and oxygen atoms in total. The van der Waals surface area contributed by atoms with Crippen LogP contribution in [0.4, 0.5) is 4.39 Å². The number of aliphatic hydroxyl groups excluding tert-OH is 1. The number of hydrogen-bond acceptors (Lipinski definition) is 6. The summed E-state index contributed by atoms with van der Waals surface area (Å²) in [5.41, 5.74) is 1.03. The Hall–Kier alpha value is -2.91. The summed E-state index contributed by atoms with van der Waals surface area (Å²) >= 11 is 0. The molecule has 2 aromatic rings. The summed E-state index contributed by atoms with van der Waals surface area (Å²) in [5.74, 6) is -0.964. The maximum atomic E-state index is 13.0. The van der Waals surface area contributed by atoms with Gasteiger partial charge in [0.25, 0.3) is 5.91 Å². The number of aliphatic hydroxyl groups is 1. The first-order valence-electron chi connectivity index (χ1n) is 9.39. The Morgan fingerprint density at radius 3 is 2.69 bits per heavy atom. The molecule has 0 radical (unpaired) electrons. The van der Waals surface area contributed by atoms with Gasteiger partial charge >= 0.3 is 0 Å². The Bertz CT molecular complexity index is 819. The number of hydrogen-bond donors (Lipinski definition) is 3. The molecule has 0 aliphatic carbocycles. The average Bonchev–Trinajstić information content (AvgIpc) is 2.74. The van der Waals surface area contributed by atoms with Gasteiger partial charge in [0.15, 0.2) is 0 Å². The second kappa shape index (κ2) is 10.0. The molecule has 0 spiro atoms. The van der Waals surface area contributed by atoms with Crippen molar-refractivity contribution in [2.75, 3.05) is 6.61 Å². The minimum absolute atomic E-state index is 0.153. The molecular formula is C20H23FN4O4. The van der Waals surface area contributed by atoms with E-state index in [1.54, 1.807) is 12.3 Å². The first-order valence-corrected chi connectivity index (χ1v) is 9.39. The van der Waals surface area contributed by atoms with E-state index in [2.05, 4.69) is 20.6 Å². The SMILES string of the molecule is O=C(C[C@H]1CC[C@H](NC(=O)c2ccc(F)cc2)[C@@H](CO)O1)NCc1ccncn1. The lowest BCUT2D eigenvalue weighted by Crippen LogP contribution is -2.51. The van der Waals surface area contributed by atoms with Gasteiger partial charge in [-0.25, -0.2) is 14.4 Å². The van der Waals surface area contributed by atoms with Crippen molar-refractivity contribution in [3.8, 4) is 0 Å². The molecule has 1 aromatic heterocycles. The largest absolute Gasteiger partial charge is 0.394 e. The lowest BCUT2D eigenvalue weighted by Gasteiger charge is -2.36. The van der Waals surface area contributed by atoms with E-state index in [-0.39, 0.29) is 30.9 Å². The van der Waals surface area contributed by atoms with E-state index in [9.17, 15) is 19.1 Å². The highest BCUT2D eigenvalue weighted by Crippen LogP contribution is 2.22. The van der Waals surface area contributed by atoms with E-state index in [0.717, 1.165) is 0 Å². The Morgan fingerprint density at radius 1 is 1.21 bits per heavy atom. The number of nitrogens with one attached hydrogen (secondary N) is 2. The number of carbonyl (C=O) groups excluding carboxylic acids is 2. The molecule has 3 rings (SSSR count). The third kappa shape index (κ3) is 6.03. The van der Waals surface area contributed by atoms with Crippen LogP contribution in [0.5, 0.6) is 0 Å². The third-order valence-corrected chi connectivity index (χ3v) is 4.74. The molecule has 154 valence electrons. The predicted molar refractivity (Wildman–Crippen MR) is 101 cm³/mol. The fourth-order valence-corrected chi connectivity index (χ4v) is 3.19. The van der Waals surface area contributed by atoms with Crippen LogP contribution in [-0.4, -0.2) is 51.7 Å². The monoisotopic (exact) mass is 402 g/mol. The van der Waals surface area contributed by atoms with Gasteiger partial charge in [0.1, 0.15) is 18.2 Å². The number of nitrogens with zero attached hydrogens (tertiary/aromatic N) is 2. The molecule has 1 aliphatic heterocycles. The fourth-order valence-electron chi connectivity index (χ4n) is 3.19. The summed E-state index contributed by atoms with van der Waals surface area (Å²) in [5, 5.41) is 15.2. The van der Waals surface area contributed by atoms with Crippen LogP contribution in [0.25, 0.3) is 0 Å². The van der Waals surface area contributed by atoms with Gasteiger partial charge in [-0.15, -0.1) is 0 Å². The Balaban J connectivity index is 1.47. The molecule has 0 bridgehead atoms. The van der Waals surface area contributed by atoms with Crippen molar-refractivity contribution >= 4 is 11.8 Å². The van der Waals surface area contributed by atoms with E-state index in [0.29, 0.717) is 30.6 Å². The average molecular weight is 402 g/mol. The van der Waals surface area contributed by atoms with Crippen molar-refractivity contribution in [2.45, 2.75) is 44.1 Å². The summed E-state index contributed by atoms with van der Waals surface area (Å²) < 4.78 is 18.8. The van der Waals surface area contributed by atoms with Crippen LogP contribution >= 0.6 is 0 Å². The molecule has 3 N–H and O–H groups in total. The summed E-state index contributed by atoms with van der Waals surface area (Å²) in [6, 6.07) is 6.55. The van der Waals surface area contributed by atoms with Gasteiger partial charge in [0.2, 0.25) is 5.91 Å². The second-order valence-electron chi connectivity index (χ2n) is 6.82. The molecule has 9 heteroatoms. The Kier molecular flexibility index (Phi) is 7.20. The molecule has 2 amide bonds. The van der Waals surface area contributed by atoms with Crippen LogP contribution in [0.2, 0.25) is 0 Å². The van der Waals surface area contributed by atoms with E-state index < -0.39 is 18.0 Å². The maximum Gasteiger partial charge on any atom is 0.251 e. The van der Waals surface area contributed by atoms with Crippen LogP contribution < -0.4 is 10.6 Å². The quantitative estimate of drug-likeness (QED) is 0.636. The number of aromatic nitrogens is 2. The van der Waals surface area contributed by atoms with Gasteiger partial charge in [-0.2, -0.15) is 0 Å². The molecule has 0 saturated carbocycles. The standard InChI is InChI=1S/C20H23FN4O4/c21-14-3-1-13(2-4-14)20(28)25-17-6-5-16(29-18(17)11-26)9-19(27)23-10-15-7-8-22-12-24-15/h1-4,7-8,12,16-18,26H,5-6,9-11H2,(H,23,27)(H,25,28)/t16-,17+,18-/m1/s1. The zero-order chi connectivity index (χ0) is 20.6. The zero-order valence-electron chi connectivity index (χ0n) is 15.8. The summed E-state index contributed by atoms with van der Waals surface area (Å²) in [4.78, 5) is 32.3. The van der Waals surface area contributed by atoms with Crippen LogP contribution in [-0.2, 0) is 16.1 Å². The first kappa shape index (κ1) is 20.8. The Morgan fingerprint density at radius 2 is 2.00 bits per heavy atom. The molecule has 0 unspecified atom stereocenters. The van der Waals surface area contributed by atoms with Gasteiger partial charge in [-0.1, -0.05) is 0 Å². The highest BCUT2D eigenvalue weighted by Gasteiger charge is 2.33. The molecule has 3 atom stereocenters. The molecule has 2 heterocycles. The fraction of sp³-hybridized carbons (Fsp3) is 0.400. The van der Waals surface area contributed by atoms with Crippen molar-refractivity contribution in [1.29, 1.82) is 0 Å². The van der Waals surface area contributed by atoms with Crippen molar-refractivity contribution in [3.05, 3.63) is 59.9 Å². The number of benzene rings is 1. The van der Waals surface area contributed by atoms with Crippen LogP contribution in [0.1, 0.15) is 35.3 Å². The van der Waals surface area contributed by atoms with Crippen LogP contribution in [0.15, 0.2) is 42.9 Å². The minimum Gasteiger partial charge on any atom is -0.394 e.